The maximum atomic E-state index is 13.0. The Bertz CT molecular complexity index is 1090. The van der Waals surface area contributed by atoms with Crippen molar-refractivity contribution in [1.82, 2.24) is 18.8 Å². The van der Waals surface area contributed by atoms with Gasteiger partial charge in [0.1, 0.15) is 11.3 Å². The molecule has 0 bridgehead atoms. The van der Waals surface area contributed by atoms with E-state index >= 15 is 0 Å². The summed E-state index contributed by atoms with van der Waals surface area (Å²) < 4.78 is 29.7. The van der Waals surface area contributed by atoms with Crippen LogP contribution in [0.1, 0.15) is 37.7 Å². The van der Waals surface area contributed by atoms with E-state index in [4.69, 9.17) is 4.98 Å². The summed E-state index contributed by atoms with van der Waals surface area (Å²) in [5, 5.41) is 0. The molecule has 1 aliphatic rings. The van der Waals surface area contributed by atoms with Gasteiger partial charge in [0.15, 0.2) is 5.65 Å². The zero-order valence-electron chi connectivity index (χ0n) is 16.5. The topological polar surface area (TPSA) is 68.1 Å². The molecule has 0 spiro atoms. The first-order valence-corrected chi connectivity index (χ1v) is 11.2. The van der Waals surface area contributed by atoms with Crippen molar-refractivity contribution in [2.24, 2.45) is 5.92 Å². The first-order chi connectivity index (χ1) is 13.4. The molecular formula is C21H26N4O2S. The van der Waals surface area contributed by atoms with Crippen molar-refractivity contribution < 1.29 is 8.42 Å². The van der Waals surface area contributed by atoms with Gasteiger partial charge in [0.2, 0.25) is 10.0 Å². The molecule has 3 heterocycles. The van der Waals surface area contributed by atoms with Gasteiger partial charge in [-0.1, -0.05) is 17.7 Å². The monoisotopic (exact) mass is 398 g/mol. The van der Waals surface area contributed by atoms with Crippen LogP contribution in [0.3, 0.4) is 0 Å². The van der Waals surface area contributed by atoms with Gasteiger partial charge in [0.05, 0.1) is 4.90 Å². The standard InChI is InChI=1S/C21H26N4O2S/c1-15(2)25-20(23-19-5-4-11-22-21(19)25)13-17-10-12-24(14-17)28(26,27)18-8-6-16(3)7-9-18/h4-9,11,15,17H,10,12-14H2,1-3H3/t17-/m1/s1. The van der Waals surface area contributed by atoms with Gasteiger partial charge in [-0.25, -0.2) is 18.4 Å². The van der Waals surface area contributed by atoms with E-state index in [9.17, 15) is 8.42 Å². The second-order valence-corrected chi connectivity index (χ2v) is 9.81. The second kappa shape index (κ2) is 7.29. The third kappa shape index (κ3) is 3.44. The minimum absolute atomic E-state index is 0.253. The van der Waals surface area contributed by atoms with Gasteiger partial charge < -0.3 is 4.57 Å². The molecule has 148 valence electrons. The lowest BCUT2D eigenvalue weighted by Crippen LogP contribution is -2.29. The number of nitrogens with zero attached hydrogens (tertiary/aromatic N) is 4. The Kier molecular flexibility index (Phi) is 4.97. The van der Waals surface area contributed by atoms with Crippen LogP contribution in [0, 0.1) is 12.8 Å². The fraction of sp³-hybridized carbons (Fsp3) is 0.429. The molecule has 0 unspecified atom stereocenters. The van der Waals surface area contributed by atoms with Gasteiger partial charge in [0.25, 0.3) is 0 Å². The molecule has 1 aromatic carbocycles. The SMILES string of the molecule is Cc1ccc(S(=O)(=O)N2CC[C@H](Cc3nc4cccnc4n3C(C)C)C2)cc1. The number of aromatic nitrogens is 3. The van der Waals surface area contributed by atoms with Crippen molar-refractivity contribution in [2.45, 2.75) is 44.6 Å². The normalized spacial score (nSPS) is 18.4. The predicted molar refractivity (Wildman–Crippen MR) is 110 cm³/mol. The molecule has 0 N–H and O–H groups in total. The number of benzene rings is 1. The highest BCUT2D eigenvalue weighted by Gasteiger charge is 2.33. The highest BCUT2D eigenvalue weighted by Crippen LogP contribution is 2.28. The molecule has 6 nitrogen and oxygen atoms in total. The fourth-order valence-corrected chi connectivity index (χ4v) is 5.49. The molecule has 0 radical (unpaired) electrons. The minimum atomic E-state index is -3.44. The van der Waals surface area contributed by atoms with Crippen molar-refractivity contribution in [1.29, 1.82) is 0 Å². The van der Waals surface area contributed by atoms with Crippen LogP contribution in [0.15, 0.2) is 47.5 Å². The van der Waals surface area contributed by atoms with Gasteiger partial charge >= 0.3 is 0 Å². The summed E-state index contributed by atoms with van der Waals surface area (Å²) in [5.41, 5.74) is 2.85. The van der Waals surface area contributed by atoms with Crippen LogP contribution >= 0.6 is 0 Å². The van der Waals surface area contributed by atoms with Crippen molar-refractivity contribution in [3.05, 3.63) is 54.0 Å². The molecule has 1 atom stereocenters. The average Bonchev–Trinajstić information content (AvgIpc) is 3.27. The summed E-state index contributed by atoms with van der Waals surface area (Å²) in [6.07, 6.45) is 3.40. The number of hydrogen-bond donors (Lipinski definition) is 0. The van der Waals surface area contributed by atoms with E-state index in [1.807, 2.05) is 31.2 Å². The van der Waals surface area contributed by atoms with Crippen LogP contribution in [-0.4, -0.2) is 40.3 Å². The molecular weight excluding hydrogens is 372 g/mol. The quantitative estimate of drug-likeness (QED) is 0.659. The highest BCUT2D eigenvalue weighted by atomic mass is 32.2. The smallest absolute Gasteiger partial charge is 0.243 e. The molecule has 1 fully saturated rings. The van der Waals surface area contributed by atoms with Crippen LogP contribution in [0.25, 0.3) is 11.2 Å². The summed E-state index contributed by atoms with van der Waals surface area (Å²) in [6, 6.07) is 11.2. The van der Waals surface area contributed by atoms with E-state index in [2.05, 4.69) is 23.4 Å². The first-order valence-electron chi connectivity index (χ1n) is 9.75. The van der Waals surface area contributed by atoms with Crippen LogP contribution in [0.2, 0.25) is 0 Å². The summed E-state index contributed by atoms with van der Waals surface area (Å²) >= 11 is 0. The second-order valence-electron chi connectivity index (χ2n) is 7.87. The molecule has 28 heavy (non-hydrogen) atoms. The van der Waals surface area contributed by atoms with E-state index in [1.54, 1.807) is 22.6 Å². The number of aryl methyl sites for hydroxylation is 1. The lowest BCUT2D eigenvalue weighted by atomic mass is 10.0. The number of fused-ring (bicyclic) bond motifs is 1. The van der Waals surface area contributed by atoms with Gasteiger partial charge in [-0.3, -0.25) is 0 Å². The molecule has 0 aliphatic carbocycles. The van der Waals surface area contributed by atoms with E-state index in [1.165, 1.54) is 0 Å². The number of rotatable bonds is 5. The summed E-state index contributed by atoms with van der Waals surface area (Å²) in [7, 11) is -3.44. The van der Waals surface area contributed by atoms with Crippen LogP contribution in [0.4, 0.5) is 0 Å². The number of imidazole rings is 1. The fourth-order valence-electron chi connectivity index (χ4n) is 3.96. The molecule has 2 aromatic heterocycles. The van der Waals surface area contributed by atoms with Crippen LogP contribution in [-0.2, 0) is 16.4 Å². The zero-order chi connectivity index (χ0) is 19.9. The Morgan fingerprint density at radius 1 is 1.18 bits per heavy atom. The molecule has 1 aliphatic heterocycles. The highest BCUT2D eigenvalue weighted by molar-refractivity contribution is 7.89. The third-order valence-electron chi connectivity index (χ3n) is 5.42. The number of hydrogen-bond acceptors (Lipinski definition) is 4. The third-order valence-corrected chi connectivity index (χ3v) is 7.30. The van der Waals surface area contributed by atoms with E-state index in [0.29, 0.717) is 18.0 Å². The summed E-state index contributed by atoms with van der Waals surface area (Å²) in [4.78, 5) is 9.65. The lowest BCUT2D eigenvalue weighted by Gasteiger charge is -2.18. The van der Waals surface area contributed by atoms with Gasteiger partial charge in [-0.15, -0.1) is 0 Å². The lowest BCUT2D eigenvalue weighted by molar-refractivity contribution is 0.447. The average molecular weight is 399 g/mol. The minimum Gasteiger partial charge on any atom is -0.310 e. The van der Waals surface area contributed by atoms with Crippen molar-refractivity contribution in [2.75, 3.05) is 13.1 Å². The van der Waals surface area contributed by atoms with E-state index in [-0.39, 0.29) is 12.0 Å². The molecule has 4 rings (SSSR count). The molecule has 3 aromatic rings. The van der Waals surface area contributed by atoms with E-state index < -0.39 is 10.0 Å². The Hall–Kier alpha value is -2.25. The first kappa shape index (κ1) is 19.1. The van der Waals surface area contributed by atoms with Crippen LogP contribution in [0.5, 0.6) is 0 Å². The van der Waals surface area contributed by atoms with E-state index in [0.717, 1.165) is 35.4 Å². The molecule has 0 amide bonds. The molecule has 1 saturated heterocycles. The zero-order valence-corrected chi connectivity index (χ0v) is 17.4. The Labute approximate surface area is 166 Å². The number of sulfonamides is 1. The Morgan fingerprint density at radius 3 is 2.64 bits per heavy atom. The van der Waals surface area contributed by atoms with Gasteiger partial charge in [-0.2, -0.15) is 4.31 Å². The largest absolute Gasteiger partial charge is 0.310 e. The maximum Gasteiger partial charge on any atom is 0.243 e. The summed E-state index contributed by atoms with van der Waals surface area (Å²) in [5.74, 6) is 1.25. The Morgan fingerprint density at radius 2 is 1.93 bits per heavy atom. The van der Waals surface area contributed by atoms with Crippen molar-refractivity contribution >= 4 is 21.2 Å². The van der Waals surface area contributed by atoms with Crippen LogP contribution < -0.4 is 0 Å². The summed E-state index contributed by atoms with van der Waals surface area (Å²) in [6.45, 7) is 7.30. The number of pyridine rings is 1. The van der Waals surface area contributed by atoms with Crippen molar-refractivity contribution in [3.8, 4) is 0 Å². The van der Waals surface area contributed by atoms with Gasteiger partial charge in [0, 0.05) is 31.7 Å². The molecule has 7 heteroatoms. The van der Waals surface area contributed by atoms with Gasteiger partial charge in [-0.05, 0) is 57.4 Å². The molecule has 0 saturated carbocycles. The van der Waals surface area contributed by atoms with Crippen molar-refractivity contribution in [3.63, 3.8) is 0 Å². The predicted octanol–water partition coefficient (Wildman–Crippen LogP) is 3.57. The maximum absolute atomic E-state index is 13.0. The Balaban J connectivity index is 1.55.